The van der Waals surface area contributed by atoms with Crippen LogP contribution in [0.1, 0.15) is 12.5 Å². The lowest BCUT2D eigenvalue weighted by Gasteiger charge is -2.28. The molecule has 0 aromatic heterocycles. The first-order chi connectivity index (χ1) is 12.8. The number of carbonyl (C=O) groups excluding carboxylic acids is 1. The minimum atomic E-state index is -3.68. The van der Waals surface area contributed by atoms with Crippen LogP contribution in [-0.4, -0.2) is 40.8 Å². The average molecular weight is 392 g/mol. The molecule has 0 heterocycles. The highest BCUT2D eigenvalue weighted by Gasteiger charge is 2.29. The van der Waals surface area contributed by atoms with E-state index >= 15 is 0 Å². The molecule has 2 rings (SSSR count). The van der Waals surface area contributed by atoms with E-state index in [0.717, 1.165) is 21.9 Å². The van der Waals surface area contributed by atoms with Gasteiger partial charge in [-0.3, -0.25) is 9.10 Å². The lowest BCUT2D eigenvalue weighted by molar-refractivity contribution is -0.122. The SMILES string of the molecule is COc1ccc(CNC(=O)[C@@H](C)N(c2cccc(OC)c2)S(C)(=O)=O)cc1. The molecule has 27 heavy (non-hydrogen) atoms. The van der Waals surface area contributed by atoms with Crippen molar-refractivity contribution in [2.75, 3.05) is 24.8 Å². The van der Waals surface area contributed by atoms with Crippen LogP contribution in [0, 0.1) is 0 Å². The summed E-state index contributed by atoms with van der Waals surface area (Å²) in [6.07, 6.45) is 1.07. The third kappa shape index (κ3) is 5.37. The van der Waals surface area contributed by atoms with Crippen LogP contribution in [0.25, 0.3) is 0 Å². The highest BCUT2D eigenvalue weighted by molar-refractivity contribution is 7.92. The van der Waals surface area contributed by atoms with Crippen LogP contribution >= 0.6 is 0 Å². The maximum Gasteiger partial charge on any atom is 0.243 e. The van der Waals surface area contributed by atoms with E-state index in [1.807, 2.05) is 12.1 Å². The monoisotopic (exact) mass is 392 g/mol. The number of nitrogens with zero attached hydrogens (tertiary/aromatic N) is 1. The molecule has 8 heteroatoms. The molecule has 0 bridgehead atoms. The molecule has 2 aromatic carbocycles. The molecule has 0 radical (unpaired) electrons. The van der Waals surface area contributed by atoms with Gasteiger partial charge in [0.05, 0.1) is 26.2 Å². The highest BCUT2D eigenvalue weighted by Crippen LogP contribution is 2.25. The van der Waals surface area contributed by atoms with Crippen molar-refractivity contribution in [1.29, 1.82) is 0 Å². The maximum absolute atomic E-state index is 12.6. The van der Waals surface area contributed by atoms with Crippen LogP contribution in [-0.2, 0) is 21.4 Å². The van der Waals surface area contributed by atoms with Crippen molar-refractivity contribution in [3.05, 3.63) is 54.1 Å². The second-order valence-corrected chi connectivity index (χ2v) is 7.86. The Kier molecular flexibility index (Phi) is 6.68. The van der Waals surface area contributed by atoms with E-state index in [2.05, 4.69) is 5.32 Å². The Morgan fingerprint density at radius 1 is 1.07 bits per heavy atom. The zero-order valence-electron chi connectivity index (χ0n) is 15.8. The van der Waals surface area contributed by atoms with Crippen LogP contribution in [0.4, 0.5) is 5.69 Å². The number of anilines is 1. The summed E-state index contributed by atoms with van der Waals surface area (Å²) in [5, 5.41) is 2.77. The predicted octanol–water partition coefficient (Wildman–Crippen LogP) is 2.17. The summed E-state index contributed by atoms with van der Waals surface area (Å²) >= 11 is 0. The Balaban J connectivity index is 2.16. The Morgan fingerprint density at radius 3 is 2.26 bits per heavy atom. The van der Waals surface area contributed by atoms with Crippen molar-refractivity contribution in [2.24, 2.45) is 0 Å². The molecule has 0 spiro atoms. The molecule has 0 fully saturated rings. The molecular formula is C19H24N2O5S. The van der Waals surface area contributed by atoms with Crippen LogP contribution in [0.15, 0.2) is 48.5 Å². The largest absolute Gasteiger partial charge is 0.497 e. The van der Waals surface area contributed by atoms with Gasteiger partial charge in [0.2, 0.25) is 15.9 Å². The first-order valence-corrected chi connectivity index (χ1v) is 10.1. The molecule has 0 saturated carbocycles. The number of ether oxygens (including phenoxy) is 2. The third-order valence-corrected chi connectivity index (χ3v) is 5.26. The molecule has 0 aliphatic carbocycles. The molecule has 0 unspecified atom stereocenters. The molecule has 0 saturated heterocycles. The minimum Gasteiger partial charge on any atom is -0.497 e. The molecule has 2 aromatic rings. The second-order valence-electron chi connectivity index (χ2n) is 6.00. The maximum atomic E-state index is 12.6. The fraction of sp³-hybridized carbons (Fsp3) is 0.316. The lowest BCUT2D eigenvalue weighted by Crippen LogP contribution is -2.47. The zero-order valence-corrected chi connectivity index (χ0v) is 16.6. The zero-order chi connectivity index (χ0) is 20.0. The van der Waals surface area contributed by atoms with Crippen molar-refractivity contribution in [3.63, 3.8) is 0 Å². The number of rotatable bonds is 8. The Labute approximate surface area is 160 Å². The van der Waals surface area contributed by atoms with Gasteiger partial charge < -0.3 is 14.8 Å². The fourth-order valence-corrected chi connectivity index (χ4v) is 3.80. The van der Waals surface area contributed by atoms with Gasteiger partial charge in [-0.05, 0) is 36.8 Å². The summed E-state index contributed by atoms with van der Waals surface area (Å²) in [5.74, 6) is 0.825. The third-order valence-electron chi connectivity index (χ3n) is 4.02. The van der Waals surface area contributed by atoms with E-state index in [0.29, 0.717) is 11.4 Å². The smallest absolute Gasteiger partial charge is 0.243 e. The number of nitrogens with one attached hydrogen (secondary N) is 1. The molecule has 1 N–H and O–H groups in total. The van der Waals surface area contributed by atoms with Gasteiger partial charge in [-0.25, -0.2) is 8.42 Å². The summed E-state index contributed by atoms with van der Waals surface area (Å²) in [6.45, 7) is 1.83. The van der Waals surface area contributed by atoms with Gasteiger partial charge in [-0.2, -0.15) is 0 Å². The van der Waals surface area contributed by atoms with E-state index < -0.39 is 22.0 Å². The standard InChI is InChI=1S/C19H24N2O5S/c1-14(19(22)20-13-15-8-10-17(25-2)11-9-15)21(27(4,23)24)16-6-5-7-18(12-16)26-3/h5-12,14H,13H2,1-4H3,(H,20,22)/t14-/m1/s1. The average Bonchev–Trinajstić information content (AvgIpc) is 2.65. The first kappa shape index (κ1) is 20.6. The topological polar surface area (TPSA) is 84.9 Å². The normalized spacial score (nSPS) is 12.1. The number of methoxy groups -OCH3 is 2. The highest BCUT2D eigenvalue weighted by atomic mass is 32.2. The predicted molar refractivity (Wildman–Crippen MR) is 105 cm³/mol. The Bertz CT molecular complexity index is 881. The lowest BCUT2D eigenvalue weighted by atomic mass is 10.2. The number of hydrogen-bond donors (Lipinski definition) is 1. The summed E-state index contributed by atoms with van der Waals surface area (Å²) in [5.41, 5.74) is 1.24. The number of benzene rings is 2. The van der Waals surface area contributed by atoms with E-state index in [9.17, 15) is 13.2 Å². The summed E-state index contributed by atoms with van der Waals surface area (Å²) < 4.78 is 36.0. The molecule has 0 aliphatic rings. The fourth-order valence-electron chi connectivity index (χ4n) is 2.64. The van der Waals surface area contributed by atoms with Crippen molar-refractivity contribution >= 4 is 21.6 Å². The van der Waals surface area contributed by atoms with Gasteiger partial charge in [-0.1, -0.05) is 18.2 Å². The van der Waals surface area contributed by atoms with Gasteiger partial charge >= 0.3 is 0 Å². The Hall–Kier alpha value is -2.74. The molecule has 146 valence electrons. The van der Waals surface area contributed by atoms with Crippen LogP contribution in [0.2, 0.25) is 0 Å². The molecular weight excluding hydrogens is 368 g/mol. The molecule has 1 amide bonds. The summed E-state index contributed by atoms with van der Waals surface area (Å²) in [7, 11) is -0.604. The van der Waals surface area contributed by atoms with Gasteiger partial charge in [0.1, 0.15) is 17.5 Å². The summed E-state index contributed by atoms with van der Waals surface area (Å²) in [6, 6.07) is 12.9. The number of carbonyl (C=O) groups is 1. The van der Waals surface area contributed by atoms with Gasteiger partial charge in [-0.15, -0.1) is 0 Å². The minimum absolute atomic E-state index is 0.281. The molecule has 7 nitrogen and oxygen atoms in total. The van der Waals surface area contributed by atoms with Crippen molar-refractivity contribution in [3.8, 4) is 11.5 Å². The van der Waals surface area contributed by atoms with E-state index in [4.69, 9.17) is 9.47 Å². The van der Waals surface area contributed by atoms with Crippen molar-refractivity contribution in [1.82, 2.24) is 5.32 Å². The summed E-state index contributed by atoms with van der Waals surface area (Å²) in [4.78, 5) is 12.6. The number of sulfonamides is 1. The van der Waals surface area contributed by atoms with Crippen molar-refractivity contribution < 1.29 is 22.7 Å². The van der Waals surface area contributed by atoms with Crippen molar-refractivity contribution in [2.45, 2.75) is 19.5 Å². The second kappa shape index (κ2) is 8.77. The molecule has 0 aliphatic heterocycles. The van der Waals surface area contributed by atoms with Crippen LogP contribution in [0.3, 0.4) is 0 Å². The van der Waals surface area contributed by atoms with E-state index in [1.54, 1.807) is 50.4 Å². The van der Waals surface area contributed by atoms with Gasteiger partial charge in [0, 0.05) is 12.6 Å². The van der Waals surface area contributed by atoms with Crippen LogP contribution < -0.4 is 19.1 Å². The van der Waals surface area contributed by atoms with Crippen LogP contribution in [0.5, 0.6) is 11.5 Å². The first-order valence-electron chi connectivity index (χ1n) is 8.30. The van der Waals surface area contributed by atoms with Gasteiger partial charge in [0.15, 0.2) is 0 Å². The van der Waals surface area contributed by atoms with Gasteiger partial charge in [0.25, 0.3) is 0 Å². The van der Waals surface area contributed by atoms with E-state index in [-0.39, 0.29) is 6.54 Å². The quantitative estimate of drug-likeness (QED) is 0.744. The Morgan fingerprint density at radius 2 is 1.70 bits per heavy atom. The van der Waals surface area contributed by atoms with E-state index in [1.165, 1.54) is 7.11 Å². The number of amides is 1. The number of hydrogen-bond acceptors (Lipinski definition) is 5. The molecule has 1 atom stereocenters.